The van der Waals surface area contributed by atoms with E-state index in [4.69, 9.17) is 5.73 Å². The summed E-state index contributed by atoms with van der Waals surface area (Å²) in [6.07, 6.45) is 0. The summed E-state index contributed by atoms with van der Waals surface area (Å²) >= 11 is 3.32. The quantitative estimate of drug-likeness (QED) is 0.835. The van der Waals surface area contributed by atoms with Gasteiger partial charge in [-0.3, -0.25) is 0 Å². The Labute approximate surface area is 151 Å². The Morgan fingerprint density at radius 3 is 2.26 bits per heavy atom. The lowest BCUT2D eigenvalue weighted by Crippen LogP contribution is -2.32. The van der Waals surface area contributed by atoms with E-state index in [1.54, 1.807) is 24.3 Å². The molecular formula is C16H18BrClN2O2S. The third-order valence-electron chi connectivity index (χ3n) is 4.01. The molecule has 4 nitrogen and oxygen atoms in total. The first kappa shape index (κ1) is 18.4. The summed E-state index contributed by atoms with van der Waals surface area (Å²) in [4.78, 5) is 0.288. The van der Waals surface area contributed by atoms with Crippen LogP contribution in [-0.2, 0) is 10.0 Å². The van der Waals surface area contributed by atoms with Crippen molar-refractivity contribution < 1.29 is 8.42 Å². The topological polar surface area (TPSA) is 63.4 Å². The molecule has 0 amide bonds. The standard InChI is InChI=1S/C16H17BrN2O2S.ClH/c17-14-8-4-5-9-16(14)22(20,21)19-10-13(15(18)11-19)12-6-2-1-3-7-12;/h1-9,13,15H,10-11,18H2;1H/t13-,15+;/m0./s1. The lowest BCUT2D eigenvalue weighted by molar-refractivity contribution is 0.470. The molecule has 0 aliphatic carbocycles. The minimum absolute atomic E-state index is 0. The van der Waals surface area contributed by atoms with Crippen LogP contribution >= 0.6 is 28.3 Å². The predicted molar refractivity (Wildman–Crippen MR) is 97.3 cm³/mol. The largest absolute Gasteiger partial charge is 0.326 e. The fourth-order valence-electron chi connectivity index (χ4n) is 2.83. The molecule has 1 aliphatic rings. The Balaban J connectivity index is 0.00000192. The monoisotopic (exact) mass is 416 g/mol. The number of halogens is 2. The van der Waals surface area contributed by atoms with Gasteiger partial charge in [-0.15, -0.1) is 12.4 Å². The maximum absolute atomic E-state index is 12.8. The maximum atomic E-state index is 12.8. The van der Waals surface area contributed by atoms with Gasteiger partial charge in [-0.25, -0.2) is 8.42 Å². The lowest BCUT2D eigenvalue weighted by Gasteiger charge is -2.17. The summed E-state index contributed by atoms with van der Waals surface area (Å²) in [7, 11) is -3.54. The summed E-state index contributed by atoms with van der Waals surface area (Å²) in [5.41, 5.74) is 7.28. The molecule has 0 radical (unpaired) electrons. The lowest BCUT2D eigenvalue weighted by atomic mass is 9.95. The molecule has 1 heterocycles. The van der Waals surface area contributed by atoms with Gasteiger partial charge in [0.1, 0.15) is 0 Å². The van der Waals surface area contributed by atoms with Crippen LogP contribution in [0.1, 0.15) is 11.5 Å². The summed E-state index contributed by atoms with van der Waals surface area (Å²) in [6.45, 7) is 0.748. The van der Waals surface area contributed by atoms with Crippen LogP contribution in [0.2, 0.25) is 0 Å². The number of hydrogen-bond acceptors (Lipinski definition) is 3. The highest BCUT2D eigenvalue weighted by Gasteiger charge is 2.38. The Hall–Kier alpha value is -0.920. The number of rotatable bonds is 3. The highest BCUT2D eigenvalue weighted by atomic mass is 79.9. The van der Waals surface area contributed by atoms with E-state index in [1.807, 2.05) is 30.3 Å². The number of nitrogens with zero attached hydrogens (tertiary/aromatic N) is 1. The molecule has 2 atom stereocenters. The highest BCUT2D eigenvalue weighted by Crippen LogP contribution is 2.32. The summed E-state index contributed by atoms with van der Waals surface area (Å²) in [6, 6.07) is 16.5. The van der Waals surface area contributed by atoms with E-state index in [0.29, 0.717) is 17.6 Å². The second-order valence-electron chi connectivity index (χ2n) is 5.43. The van der Waals surface area contributed by atoms with Gasteiger partial charge < -0.3 is 5.73 Å². The molecule has 1 fully saturated rings. The first-order chi connectivity index (χ1) is 10.5. The van der Waals surface area contributed by atoms with Crippen LogP contribution in [-0.4, -0.2) is 31.9 Å². The third-order valence-corrected chi connectivity index (χ3v) is 6.86. The zero-order chi connectivity index (χ0) is 15.7. The molecule has 7 heteroatoms. The normalized spacial score (nSPS) is 21.8. The molecule has 1 aliphatic heterocycles. The van der Waals surface area contributed by atoms with Crippen molar-refractivity contribution in [1.29, 1.82) is 0 Å². The van der Waals surface area contributed by atoms with Crippen LogP contribution in [0.5, 0.6) is 0 Å². The van der Waals surface area contributed by atoms with Gasteiger partial charge in [-0.05, 0) is 33.6 Å². The van der Waals surface area contributed by atoms with Crippen molar-refractivity contribution >= 4 is 38.4 Å². The van der Waals surface area contributed by atoms with Crippen molar-refractivity contribution in [1.82, 2.24) is 4.31 Å². The van der Waals surface area contributed by atoms with Gasteiger partial charge in [0.05, 0.1) is 4.90 Å². The van der Waals surface area contributed by atoms with Crippen molar-refractivity contribution in [3.63, 3.8) is 0 Å². The van der Waals surface area contributed by atoms with Crippen molar-refractivity contribution in [2.45, 2.75) is 16.9 Å². The van der Waals surface area contributed by atoms with E-state index in [9.17, 15) is 8.42 Å². The fraction of sp³-hybridized carbons (Fsp3) is 0.250. The molecule has 0 unspecified atom stereocenters. The molecule has 23 heavy (non-hydrogen) atoms. The van der Waals surface area contributed by atoms with Crippen molar-refractivity contribution in [2.75, 3.05) is 13.1 Å². The molecule has 1 saturated heterocycles. The van der Waals surface area contributed by atoms with Gasteiger partial charge in [-0.1, -0.05) is 42.5 Å². The molecule has 2 aromatic rings. The van der Waals surface area contributed by atoms with E-state index in [-0.39, 0.29) is 29.3 Å². The third kappa shape index (κ3) is 3.61. The molecule has 0 aromatic heterocycles. The van der Waals surface area contributed by atoms with Crippen LogP contribution in [0.4, 0.5) is 0 Å². The van der Waals surface area contributed by atoms with E-state index >= 15 is 0 Å². The zero-order valence-electron chi connectivity index (χ0n) is 12.3. The number of sulfonamides is 1. The molecular weight excluding hydrogens is 400 g/mol. The van der Waals surface area contributed by atoms with Crippen molar-refractivity contribution in [2.24, 2.45) is 5.73 Å². The molecule has 3 rings (SSSR count). The number of nitrogens with two attached hydrogens (primary N) is 1. The van der Waals surface area contributed by atoms with Crippen LogP contribution in [0.3, 0.4) is 0 Å². The van der Waals surface area contributed by atoms with E-state index < -0.39 is 10.0 Å². The Bertz CT molecular complexity index is 771. The van der Waals surface area contributed by atoms with Gasteiger partial charge in [0, 0.05) is 29.5 Å². The first-order valence-corrected chi connectivity index (χ1v) is 9.28. The Morgan fingerprint density at radius 2 is 1.61 bits per heavy atom. The van der Waals surface area contributed by atoms with Crippen LogP contribution < -0.4 is 5.73 Å². The second-order valence-corrected chi connectivity index (χ2v) is 8.19. The van der Waals surface area contributed by atoms with Gasteiger partial charge in [0.15, 0.2) is 0 Å². The van der Waals surface area contributed by atoms with Gasteiger partial charge >= 0.3 is 0 Å². The summed E-state index contributed by atoms with van der Waals surface area (Å²) < 4.78 is 27.7. The molecule has 0 saturated carbocycles. The molecule has 124 valence electrons. The number of benzene rings is 2. The smallest absolute Gasteiger partial charge is 0.244 e. The number of hydrogen-bond donors (Lipinski definition) is 1. The molecule has 0 bridgehead atoms. The average Bonchev–Trinajstić information content (AvgIpc) is 2.91. The van der Waals surface area contributed by atoms with Gasteiger partial charge in [0.25, 0.3) is 0 Å². The average molecular weight is 418 g/mol. The van der Waals surface area contributed by atoms with Crippen LogP contribution in [0.25, 0.3) is 0 Å². The van der Waals surface area contributed by atoms with Crippen molar-refractivity contribution in [3.05, 3.63) is 64.6 Å². The molecule has 2 aromatic carbocycles. The molecule has 0 spiro atoms. The minimum atomic E-state index is -3.54. The maximum Gasteiger partial charge on any atom is 0.244 e. The van der Waals surface area contributed by atoms with Crippen LogP contribution in [0, 0.1) is 0 Å². The van der Waals surface area contributed by atoms with E-state index in [2.05, 4.69) is 15.9 Å². The highest BCUT2D eigenvalue weighted by molar-refractivity contribution is 9.10. The minimum Gasteiger partial charge on any atom is -0.326 e. The predicted octanol–water partition coefficient (Wildman–Crippen LogP) is 2.99. The first-order valence-electron chi connectivity index (χ1n) is 7.05. The summed E-state index contributed by atoms with van der Waals surface area (Å²) in [5.74, 6) is 0.0264. The SMILES string of the molecule is Cl.N[C@@H]1CN(S(=O)(=O)c2ccccc2Br)C[C@H]1c1ccccc1. The molecule has 2 N–H and O–H groups in total. The fourth-order valence-corrected chi connectivity index (χ4v) is 5.30. The van der Waals surface area contributed by atoms with Gasteiger partial charge in [0.2, 0.25) is 10.0 Å². The van der Waals surface area contributed by atoms with Gasteiger partial charge in [-0.2, -0.15) is 4.31 Å². The second kappa shape index (κ2) is 7.32. The van der Waals surface area contributed by atoms with Crippen LogP contribution in [0.15, 0.2) is 64.0 Å². The van der Waals surface area contributed by atoms with E-state index in [0.717, 1.165) is 5.56 Å². The van der Waals surface area contributed by atoms with E-state index in [1.165, 1.54) is 4.31 Å². The Kier molecular flexibility index (Phi) is 5.86. The van der Waals surface area contributed by atoms with Crippen molar-refractivity contribution in [3.8, 4) is 0 Å². The zero-order valence-corrected chi connectivity index (χ0v) is 15.5. The Morgan fingerprint density at radius 1 is 1.00 bits per heavy atom. The summed E-state index contributed by atoms with van der Waals surface area (Å²) in [5, 5.41) is 0.